The number of benzene rings is 1. The Morgan fingerprint density at radius 3 is 2.68 bits per heavy atom. The number of halogens is 1. The van der Waals surface area contributed by atoms with Gasteiger partial charge in [0, 0.05) is 43.7 Å². The number of hydrogen-bond acceptors (Lipinski definition) is 4. The number of carbonyl (C=O) groups is 1. The molecule has 1 aliphatic carbocycles. The van der Waals surface area contributed by atoms with Gasteiger partial charge < -0.3 is 9.88 Å². The number of H-pyrrole nitrogens is 1. The quantitative estimate of drug-likeness (QED) is 0.820. The number of hydrogen-bond donors (Lipinski definition) is 1. The molecule has 1 saturated carbocycles. The second kappa shape index (κ2) is 8.54. The van der Waals surface area contributed by atoms with Crippen LogP contribution in [-0.4, -0.2) is 51.4 Å². The molecule has 1 aromatic carbocycles. The van der Waals surface area contributed by atoms with Crippen LogP contribution < -0.4 is 5.56 Å². The Labute approximate surface area is 181 Å². The lowest BCUT2D eigenvalue weighted by Gasteiger charge is -2.32. The van der Waals surface area contributed by atoms with Crippen molar-refractivity contribution >= 4 is 5.91 Å². The van der Waals surface area contributed by atoms with Crippen LogP contribution in [0.5, 0.6) is 0 Å². The Bertz CT molecular complexity index is 1010. The van der Waals surface area contributed by atoms with Gasteiger partial charge in [-0.2, -0.15) is 0 Å². The Balaban J connectivity index is 1.27. The minimum Gasteiger partial charge on any atom is -0.342 e. The van der Waals surface area contributed by atoms with Crippen LogP contribution in [0.3, 0.4) is 0 Å². The molecule has 2 fully saturated rings. The van der Waals surface area contributed by atoms with Gasteiger partial charge in [-0.25, -0.2) is 9.37 Å². The molecule has 3 heterocycles. The Kier molecular flexibility index (Phi) is 5.61. The fourth-order valence-corrected chi connectivity index (χ4v) is 5.35. The van der Waals surface area contributed by atoms with E-state index in [9.17, 15) is 14.0 Å². The number of aromatic amines is 1. The monoisotopic (exact) mass is 424 g/mol. The van der Waals surface area contributed by atoms with Crippen molar-refractivity contribution in [3.63, 3.8) is 0 Å². The van der Waals surface area contributed by atoms with Crippen LogP contribution in [0.4, 0.5) is 4.39 Å². The summed E-state index contributed by atoms with van der Waals surface area (Å²) in [4.78, 5) is 37.7. The molecule has 7 heteroatoms. The number of nitrogens with zero attached hydrogens (tertiary/aromatic N) is 3. The fourth-order valence-electron chi connectivity index (χ4n) is 5.35. The van der Waals surface area contributed by atoms with Gasteiger partial charge in [-0.3, -0.25) is 14.5 Å². The van der Waals surface area contributed by atoms with Crippen molar-refractivity contribution in [1.29, 1.82) is 0 Å². The maximum atomic E-state index is 13.1. The summed E-state index contributed by atoms with van der Waals surface area (Å²) < 4.78 is 13.1. The van der Waals surface area contributed by atoms with Crippen LogP contribution in [0.1, 0.15) is 60.7 Å². The Morgan fingerprint density at radius 1 is 1.13 bits per heavy atom. The Morgan fingerprint density at radius 2 is 1.90 bits per heavy atom. The molecule has 31 heavy (non-hydrogen) atoms. The first-order chi connectivity index (χ1) is 15.1. The van der Waals surface area contributed by atoms with E-state index < -0.39 is 0 Å². The lowest BCUT2D eigenvalue weighted by Crippen LogP contribution is -2.41. The van der Waals surface area contributed by atoms with E-state index in [0.29, 0.717) is 25.0 Å². The van der Waals surface area contributed by atoms with Gasteiger partial charge >= 0.3 is 0 Å². The molecule has 0 unspecified atom stereocenters. The van der Waals surface area contributed by atoms with Gasteiger partial charge in [0.2, 0.25) is 5.91 Å². The topological polar surface area (TPSA) is 69.3 Å². The van der Waals surface area contributed by atoms with E-state index in [1.807, 2.05) is 4.90 Å². The maximum absolute atomic E-state index is 13.1. The van der Waals surface area contributed by atoms with Crippen LogP contribution >= 0.6 is 0 Å². The number of rotatable bonds is 4. The van der Waals surface area contributed by atoms with Crippen molar-refractivity contribution in [3.05, 3.63) is 63.1 Å². The van der Waals surface area contributed by atoms with Crippen molar-refractivity contribution in [1.82, 2.24) is 19.8 Å². The van der Waals surface area contributed by atoms with Crippen molar-refractivity contribution in [3.8, 4) is 0 Å². The average molecular weight is 425 g/mol. The van der Waals surface area contributed by atoms with Gasteiger partial charge in [0.15, 0.2) is 0 Å². The molecular weight excluding hydrogens is 395 g/mol. The molecule has 1 aromatic heterocycles. The molecule has 1 N–H and O–H groups in total. The first-order valence-corrected chi connectivity index (χ1v) is 11.4. The lowest BCUT2D eigenvalue weighted by molar-refractivity contribution is -0.129. The van der Waals surface area contributed by atoms with Gasteiger partial charge in [-0.1, -0.05) is 25.0 Å². The van der Waals surface area contributed by atoms with Crippen LogP contribution in [-0.2, 0) is 24.2 Å². The predicted octanol–water partition coefficient (Wildman–Crippen LogP) is 2.77. The molecule has 2 aliphatic heterocycles. The molecule has 3 aliphatic rings. The number of likely N-dealkylation sites (tertiary alicyclic amines) is 1. The van der Waals surface area contributed by atoms with Crippen LogP contribution in [0.15, 0.2) is 29.1 Å². The van der Waals surface area contributed by atoms with Gasteiger partial charge in [0.1, 0.15) is 11.6 Å². The first kappa shape index (κ1) is 20.4. The second-order valence-electron chi connectivity index (χ2n) is 9.16. The molecule has 2 aromatic rings. The van der Waals surface area contributed by atoms with Crippen LogP contribution in [0, 0.1) is 5.82 Å². The zero-order valence-electron chi connectivity index (χ0n) is 17.8. The highest BCUT2D eigenvalue weighted by molar-refractivity contribution is 5.79. The SMILES string of the molecule is O=C(Cc1ccc(F)cc1)N1CC[C@H](c2nc3c(c(=O)[nH]2)CCN(C2CCCC2)C3)C1. The van der Waals surface area contributed by atoms with Gasteiger partial charge in [-0.05, 0) is 43.4 Å². The van der Waals surface area contributed by atoms with E-state index in [-0.39, 0.29) is 29.6 Å². The maximum Gasteiger partial charge on any atom is 0.254 e. The summed E-state index contributed by atoms with van der Waals surface area (Å²) in [7, 11) is 0. The van der Waals surface area contributed by atoms with Gasteiger partial charge in [0.25, 0.3) is 5.56 Å². The zero-order chi connectivity index (χ0) is 21.4. The summed E-state index contributed by atoms with van der Waals surface area (Å²) >= 11 is 0. The van der Waals surface area contributed by atoms with Crippen LogP contribution in [0.2, 0.25) is 0 Å². The molecule has 0 bridgehead atoms. The van der Waals surface area contributed by atoms with E-state index in [4.69, 9.17) is 4.98 Å². The molecule has 1 atom stereocenters. The standard InChI is InChI=1S/C24H29FN4O2/c25-18-7-5-16(6-8-18)13-22(30)29-11-9-17(14-29)23-26-21-15-28(19-3-1-2-4-19)12-10-20(21)24(31)27-23/h5-8,17,19H,1-4,9-15H2,(H,26,27,31)/t17-/m0/s1. The summed E-state index contributed by atoms with van der Waals surface area (Å²) in [6.07, 6.45) is 6.91. The van der Waals surface area contributed by atoms with Crippen molar-refractivity contribution in [2.24, 2.45) is 0 Å². The molecule has 0 radical (unpaired) electrons. The van der Waals surface area contributed by atoms with Crippen molar-refractivity contribution < 1.29 is 9.18 Å². The summed E-state index contributed by atoms with van der Waals surface area (Å²) in [5.41, 5.74) is 2.55. The molecule has 1 saturated heterocycles. The first-order valence-electron chi connectivity index (χ1n) is 11.4. The smallest absolute Gasteiger partial charge is 0.254 e. The third-order valence-corrected chi connectivity index (χ3v) is 7.16. The molecule has 0 spiro atoms. The minimum atomic E-state index is -0.300. The highest BCUT2D eigenvalue weighted by Crippen LogP contribution is 2.29. The summed E-state index contributed by atoms with van der Waals surface area (Å²) in [6.45, 7) is 2.92. The number of aromatic nitrogens is 2. The third kappa shape index (κ3) is 4.28. The number of carbonyl (C=O) groups excluding carboxylic acids is 1. The molecule has 164 valence electrons. The normalized spacial score (nSPS) is 22.1. The minimum absolute atomic E-state index is 0.0119. The van der Waals surface area contributed by atoms with E-state index in [1.54, 1.807) is 12.1 Å². The van der Waals surface area contributed by atoms with Gasteiger partial charge in [0.05, 0.1) is 12.1 Å². The molecule has 5 rings (SSSR count). The van der Waals surface area contributed by atoms with E-state index in [0.717, 1.165) is 42.8 Å². The molecule has 6 nitrogen and oxygen atoms in total. The zero-order valence-corrected chi connectivity index (χ0v) is 17.8. The van der Waals surface area contributed by atoms with Crippen molar-refractivity contribution in [2.45, 2.75) is 63.5 Å². The second-order valence-corrected chi connectivity index (χ2v) is 9.16. The highest BCUT2D eigenvalue weighted by atomic mass is 19.1. The summed E-state index contributed by atoms with van der Waals surface area (Å²) in [5.74, 6) is 0.499. The summed E-state index contributed by atoms with van der Waals surface area (Å²) in [5, 5.41) is 0. The molecule has 1 amide bonds. The largest absolute Gasteiger partial charge is 0.342 e. The van der Waals surface area contributed by atoms with Crippen LogP contribution in [0.25, 0.3) is 0 Å². The number of nitrogens with one attached hydrogen (secondary N) is 1. The third-order valence-electron chi connectivity index (χ3n) is 7.16. The van der Waals surface area contributed by atoms with E-state index in [2.05, 4.69) is 9.88 Å². The Hall–Kier alpha value is -2.54. The average Bonchev–Trinajstić information content (AvgIpc) is 3.47. The fraction of sp³-hybridized carbons (Fsp3) is 0.542. The summed E-state index contributed by atoms with van der Waals surface area (Å²) in [6, 6.07) is 6.69. The number of amides is 1. The van der Waals surface area contributed by atoms with Gasteiger partial charge in [-0.15, -0.1) is 0 Å². The highest BCUT2D eigenvalue weighted by Gasteiger charge is 2.32. The lowest BCUT2D eigenvalue weighted by atomic mass is 10.0. The van der Waals surface area contributed by atoms with E-state index in [1.165, 1.54) is 37.8 Å². The molecular formula is C24H29FN4O2. The predicted molar refractivity (Wildman–Crippen MR) is 115 cm³/mol. The van der Waals surface area contributed by atoms with Crippen molar-refractivity contribution in [2.75, 3.05) is 19.6 Å². The van der Waals surface area contributed by atoms with E-state index >= 15 is 0 Å². The number of fused-ring (bicyclic) bond motifs is 1.